The Morgan fingerprint density at radius 1 is 1.38 bits per heavy atom. The van der Waals surface area contributed by atoms with Crippen molar-refractivity contribution in [1.29, 1.82) is 0 Å². The number of carbonyl (C=O) groups excluding carboxylic acids is 1. The van der Waals surface area contributed by atoms with Gasteiger partial charge >= 0.3 is 0 Å². The van der Waals surface area contributed by atoms with Gasteiger partial charge in [0.15, 0.2) is 0 Å². The van der Waals surface area contributed by atoms with Crippen LogP contribution < -0.4 is 0 Å². The zero-order valence-electron chi connectivity index (χ0n) is 8.87. The van der Waals surface area contributed by atoms with E-state index in [0.29, 0.717) is 5.56 Å². The van der Waals surface area contributed by atoms with Gasteiger partial charge in [-0.2, -0.15) is 0 Å². The molecule has 0 spiro atoms. The van der Waals surface area contributed by atoms with Crippen molar-refractivity contribution in [3.05, 3.63) is 33.8 Å². The quantitative estimate of drug-likeness (QED) is 0.775. The van der Waals surface area contributed by atoms with Gasteiger partial charge in [-0.25, -0.2) is 0 Å². The van der Waals surface area contributed by atoms with Crippen LogP contribution in [0.4, 0.5) is 0 Å². The number of benzene rings is 1. The predicted octanol–water partition coefficient (Wildman–Crippen LogP) is 3.73. The SMILES string of the molecule is CN(C)Cc1ccc(C(=O)Cl)cc1Br.Cl.Cl. The highest BCUT2D eigenvalue weighted by molar-refractivity contribution is 9.10. The van der Waals surface area contributed by atoms with Crippen LogP contribution >= 0.6 is 52.3 Å². The summed E-state index contributed by atoms with van der Waals surface area (Å²) in [6.45, 7) is 0.831. The van der Waals surface area contributed by atoms with Crippen LogP contribution in [-0.4, -0.2) is 24.2 Å². The van der Waals surface area contributed by atoms with E-state index in [2.05, 4.69) is 20.8 Å². The highest BCUT2D eigenvalue weighted by Gasteiger charge is 2.06. The van der Waals surface area contributed by atoms with Crippen molar-refractivity contribution in [3.63, 3.8) is 0 Å². The average molecular weight is 349 g/mol. The molecule has 0 saturated heterocycles. The molecule has 0 N–H and O–H groups in total. The third kappa shape index (κ3) is 5.51. The molecule has 0 fully saturated rings. The van der Waals surface area contributed by atoms with E-state index in [4.69, 9.17) is 11.6 Å². The van der Waals surface area contributed by atoms with Crippen LogP contribution in [0.25, 0.3) is 0 Å². The minimum atomic E-state index is -0.429. The van der Waals surface area contributed by atoms with Gasteiger partial charge in [-0.15, -0.1) is 24.8 Å². The van der Waals surface area contributed by atoms with Crippen molar-refractivity contribution >= 4 is 57.6 Å². The molecule has 0 aliphatic carbocycles. The summed E-state index contributed by atoms with van der Waals surface area (Å²) >= 11 is 8.77. The standard InChI is InChI=1S/C10H11BrClNO.2ClH/c1-13(2)6-8-4-3-7(10(12)14)5-9(8)11;;/h3-5H,6H2,1-2H3;2*1H. The number of nitrogens with zero attached hydrogens (tertiary/aromatic N) is 1. The summed E-state index contributed by atoms with van der Waals surface area (Å²) in [4.78, 5) is 12.9. The second-order valence-electron chi connectivity index (χ2n) is 3.32. The fourth-order valence-corrected chi connectivity index (χ4v) is 1.76. The molecule has 0 aliphatic rings. The van der Waals surface area contributed by atoms with E-state index in [9.17, 15) is 4.79 Å². The molecule has 1 aromatic rings. The van der Waals surface area contributed by atoms with Crippen molar-refractivity contribution in [2.24, 2.45) is 0 Å². The van der Waals surface area contributed by atoms with E-state index < -0.39 is 5.24 Å². The molecule has 0 atom stereocenters. The van der Waals surface area contributed by atoms with Crippen molar-refractivity contribution < 1.29 is 4.79 Å². The molecule has 0 aromatic heterocycles. The number of rotatable bonds is 3. The molecule has 0 amide bonds. The second kappa shape index (κ2) is 8.31. The van der Waals surface area contributed by atoms with E-state index in [1.165, 1.54) is 0 Å². The van der Waals surface area contributed by atoms with E-state index in [1.54, 1.807) is 12.1 Å². The first kappa shape index (κ1) is 18.6. The first-order valence-corrected chi connectivity index (χ1v) is 5.31. The van der Waals surface area contributed by atoms with Gasteiger partial charge in [-0.05, 0) is 43.4 Å². The van der Waals surface area contributed by atoms with Crippen molar-refractivity contribution in [2.45, 2.75) is 6.54 Å². The van der Waals surface area contributed by atoms with Crippen molar-refractivity contribution in [1.82, 2.24) is 4.90 Å². The Hall–Kier alpha value is 0.200. The van der Waals surface area contributed by atoms with Crippen molar-refractivity contribution in [3.8, 4) is 0 Å². The molecule has 0 aliphatic heterocycles. The van der Waals surface area contributed by atoms with Crippen LogP contribution in [-0.2, 0) is 6.54 Å². The normalized spacial score (nSPS) is 9.31. The number of hydrogen-bond donors (Lipinski definition) is 0. The van der Waals surface area contributed by atoms with Crippen LogP contribution in [0, 0.1) is 0 Å². The zero-order chi connectivity index (χ0) is 10.7. The first-order chi connectivity index (χ1) is 6.50. The van der Waals surface area contributed by atoms with Gasteiger partial charge in [0.05, 0.1) is 0 Å². The fraction of sp³-hybridized carbons (Fsp3) is 0.300. The van der Waals surface area contributed by atoms with Gasteiger partial charge < -0.3 is 4.90 Å². The van der Waals surface area contributed by atoms with Crippen LogP contribution in [0.2, 0.25) is 0 Å². The largest absolute Gasteiger partial charge is 0.305 e. The Morgan fingerprint density at radius 2 is 1.94 bits per heavy atom. The number of halogens is 4. The Kier molecular flexibility index (Phi) is 9.65. The highest BCUT2D eigenvalue weighted by atomic mass is 79.9. The molecule has 0 heterocycles. The molecule has 1 aromatic carbocycles. The van der Waals surface area contributed by atoms with Crippen LogP contribution in [0.3, 0.4) is 0 Å². The molecule has 6 heteroatoms. The van der Waals surface area contributed by atoms with Crippen LogP contribution in [0.5, 0.6) is 0 Å². The van der Waals surface area contributed by atoms with E-state index in [-0.39, 0.29) is 24.8 Å². The van der Waals surface area contributed by atoms with Gasteiger partial charge in [0.1, 0.15) is 0 Å². The van der Waals surface area contributed by atoms with Gasteiger partial charge in [-0.3, -0.25) is 4.79 Å². The van der Waals surface area contributed by atoms with Gasteiger partial charge in [0.25, 0.3) is 5.24 Å². The van der Waals surface area contributed by atoms with E-state index >= 15 is 0 Å². The maximum absolute atomic E-state index is 10.9. The summed E-state index contributed by atoms with van der Waals surface area (Å²) in [5.41, 5.74) is 1.65. The second-order valence-corrected chi connectivity index (χ2v) is 4.52. The highest BCUT2D eigenvalue weighted by Crippen LogP contribution is 2.20. The molecule has 16 heavy (non-hydrogen) atoms. The molecule has 2 nitrogen and oxygen atoms in total. The molecular weight excluding hydrogens is 336 g/mol. The number of hydrogen-bond acceptors (Lipinski definition) is 2. The lowest BCUT2D eigenvalue weighted by Gasteiger charge is -2.11. The van der Waals surface area contributed by atoms with E-state index in [1.807, 2.05) is 20.2 Å². The lowest BCUT2D eigenvalue weighted by molar-refractivity contribution is 0.108. The predicted molar refractivity (Wildman–Crippen MR) is 76.2 cm³/mol. The van der Waals surface area contributed by atoms with E-state index in [0.717, 1.165) is 16.6 Å². The van der Waals surface area contributed by atoms with Crippen LogP contribution in [0.15, 0.2) is 22.7 Å². The first-order valence-electron chi connectivity index (χ1n) is 4.13. The third-order valence-electron chi connectivity index (χ3n) is 1.77. The molecular formula is C10H13BrCl3NO. The Balaban J connectivity index is 0. The smallest absolute Gasteiger partial charge is 0.252 e. The topological polar surface area (TPSA) is 20.3 Å². The summed E-state index contributed by atoms with van der Waals surface area (Å²) < 4.78 is 0.915. The average Bonchev–Trinajstić information content (AvgIpc) is 2.07. The molecule has 0 radical (unpaired) electrons. The monoisotopic (exact) mass is 347 g/mol. The maximum Gasteiger partial charge on any atom is 0.252 e. The summed E-state index contributed by atoms with van der Waals surface area (Å²) in [6.07, 6.45) is 0. The molecule has 0 unspecified atom stereocenters. The minimum Gasteiger partial charge on any atom is -0.305 e. The number of carbonyl (C=O) groups is 1. The van der Waals surface area contributed by atoms with Crippen LogP contribution in [0.1, 0.15) is 15.9 Å². The maximum atomic E-state index is 10.9. The van der Waals surface area contributed by atoms with Gasteiger partial charge in [0, 0.05) is 16.6 Å². The van der Waals surface area contributed by atoms with Crippen molar-refractivity contribution in [2.75, 3.05) is 14.1 Å². The summed E-state index contributed by atoms with van der Waals surface area (Å²) in [5.74, 6) is 0. The summed E-state index contributed by atoms with van der Waals surface area (Å²) in [6, 6.07) is 5.38. The Morgan fingerprint density at radius 3 is 2.31 bits per heavy atom. The molecule has 1 rings (SSSR count). The van der Waals surface area contributed by atoms with Gasteiger partial charge in [-0.1, -0.05) is 22.0 Å². The third-order valence-corrected chi connectivity index (χ3v) is 2.72. The summed E-state index contributed by atoms with van der Waals surface area (Å²) in [7, 11) is 3.99. The molecule has 0 saturated carbocycles. The Bertz CT molecular complexity index is 358. The molecule has 0 bridgehead atoms. The van der Waals surface area contributed by atoms with Gasteiger partial charge in [0.2, 0.25) is 0 Å². The lowest BCUT2D eigenvalue weighted by atomic mass is 10.1. The zero-order valence-corrected chi connectivity index (χ0v) is 12.8. The fourth-order valence-electron chi connectivity index (χ4n) is 1.14. The lowest BCUT2D eigenvalue weighted by Crippen LogP contribution is -2.11. The Labute approximate surface area is 121 Å². The summed E-state index contributed by atoms with van der Waals surface area (Å²) in [5, 5.41) is -0.429. The molecule has 92 valence electrons. The minimum absolute atomic E-state index is 0.